The third-order valence-corrected chi connectivity index (χ3v) is 15.3. The molecular formula is C54H64N12O6S. The maximum atomic E-state index is 13.9. The summed E-state index contributed by atoms with van der Waals surface area (Å²) in [5, 5.41) is 31.2. The van der Waals surface area contributed by atoms with Crippen LogP contribution in [0.4, 0.5) is 34.5 Å². The fraction of sp³-hybridized carbons (Fsp3) is 0.407. The van der Waals surface area contributed by atoms with Gasteiger partial charge in [-0.3, -0.25) is 18.8 Å². The van der Waals surface area contributed by atoms with Crippen molar-refractivity contribution in [3.63, 3.8) is 0 Å². The summed E-state index contributed by atoms with van der Waals surface area (Å²) in [7, 11) is 1.70. The number of ether oxygens (including phenoxy) is 1. The zero-order valence-corrected chi connectivity index (χ0v) is 42.8. The molecule has 10 rings (SSSR count). The van der Waals surface area contributed by atoms with Crippen molar-refractivity contribution in [2.24, 2.45) is 11.8 Å². The number of phenols is 2. The van der Waals surface area contributed by atoms with Crippen molar-refractivity contribution < 1.29 is 24.5 Å². The topological polar surface area (TPSA) is 192 Å². The van der Waals surface area contributed by atoms with E-state index in [9.17, 15) is 24.6 Å². The Labute approximate surface area is 430 Å². The van der Waals surface area contributed by atoms with Crippen molar-refractivity contribution in [3.05, 3.63) is 112 Å². The van der Waals surface area contributed by atoms with E-state index in [1.165, 1.54) is 15.5 Å². The van der Waals surface area contributed by atoms with Crippen LogP contribution in [0.3, 0.4) is 0 Å². The molecule has 0 aliphatic carbocycles. The molecule has 73 heavy (non-hydrogen) atoms. The first-order chi connectivity index (χ1) is 35.3. The summed E-state index contributed by atoms with van der Waals surface area (Å²) < 4.78 is 9.18. The monoisotopic (exact) mass is 1010 g/mol. The number of benzene rings is 4. The molecule has 0 bridgehead atoms. The smallest absolute Gasteiger partial charge is 0.348 e. The van der Waals surface area contributed by atoms with Gasteiger partial charge in [0.1, 0.15) is 22.9 Å². The Hall–Kier alpha value is -7.09. The van der Waals surface area contributed by atoms with Crippen LogP contribution in [0.1, 0.15) is 73.9 Å². The van der Waals surface area contributed by atoms with Gasteiger partial charge in [-0.2, -0.15) is 10.1 Å². The molecule has 19 heteroatoms. The molecule has 0 atom stereocenters. The summed E-state index contributed by atoms with van der Waals surface area (Å²) in [5.41, 5.74) is 5.83. The van der Waals surface area contributed by atoms with E-state index >= 15 is 0 Å². The number of phenolic OH excluding ortho intramolecular Hbond substituents is 2. The van der Waals surface area contributed by atoms with E-state index in [1.807, 2.05) is 75.4 Å². The van der Waals surface area contributed by atoms with Crippen LogP contribution in [0.2, 0.25) is 0 Å². The number of nitrogens with zero attached hydrogens (tertiary/aromatic N) is 10. The van der Waals surface area contributed by atoms with Crippen molar-refractivity contribution in [3.8, 4) is 34.3 Å². The third-order valence-electron chi connectivity index (χ3n) is 14.9. The number of amides is 2. The Morgan fingerprint density at radius 2 is 1.55 bits per heavy atom. The third kappa shape index (κ3) is 10.3. The van der Waals surface area contributed by atoms with Gasteiger partial charge in [0.15, 0.2) is 11.6 Å². The van der Waals surface area contributed by atoms with Gasteiger partial charge in [0, 0.05) is 96.2 Å². The minimum Gasteiger partial charge on any atom is -0.508 e. The molecule has 0 unspecified atom stereocenters. The molecule has 0 spiro atoms. The Balaban J connectivity index is 0.673. The van der Waals surface area contributed by atoms with Gasteiger partial charge in [-0.25, -0.2) is 19.4 Å². The number of likely N-dealkylation sites (tertiary alicyclic amines) is 1. The van der Waals surface area contributed by atoms with Crippen molar-refractivity contribution in [2.45, 2.75) is 58.9 Å². The number of hydrogen-bond donors (Lipinski definition) is 5. The molecule has 3 saturated heterocycles. The Morgan fingerprint density at radius 3 is 2.27 bits per heavy atom. The predicted molar refractivity (Wildman–Crippen MR) is 286 cm³/mol. The molecule has 18 nitrogen and oxygen atoms in total. The summed E-state index contributed by atoms with van der Waals surface area (Å²) in [6.45, 7) is 15.3. The number of rotatable bonds is 13. The number of para-hydroxylation sites is 1. The molecule has 4 aromatic carbocycles. The van der Waals surface area contributed by atoms with Crippen LogP contribution < -0.4 is 29.8 Å². The number of piperidine rings is 2. The highest BCUT2D eigenvalue weighted by Gasteiger charge is 2.33. The van der Waals surface area contributed by atoms with Crippen LogP contribution in [-0.4, -0.2) is 134 Å². The fourth-order valence-corrected chi connectivity index (χ4v) is 11.0. The zero-order valence-electron chi connectivity index (χ0n) is 41.9. The number of carbonyl (C=O) groups is 2. The molecule has 4 aliphatic rings. The van der Waals surface area contributed by atoms with E-state index < -0.39 is 5.69 Å². The summed E-state index contributed by atoms with van der Waals surface area (Å²) in [6.07, 6.45) is 5.28. The minimum absolute atomic E-state index is 0.00226. The minimum atomic E-state index is -0.414. The molecule has 0 radical (unpaired) electrons. The average Bonchev–Trinajstić information content (AvgIpc) is 3.76. The number of hydrogen-bond acceptors (Lipinski definition) is 15. The summed E-state index contributed by atoms with van der Waals surface area (Å²) in [5.74, 6) is 2.34. The average molecular weight is 1010 g/mol. The second-order valence-corrected chi connectivity index (χ2v) is 20.3. The standard InChI is InChI=1S/C54H64N12O6S/c1-5-72-48-28-39(14-15-43(48)56-53-55-31-45-50(57-53)66(73)44-9-7-6-8-40(44)52(70)60(45)4)63-22-18-37(19-23-63)51(69)64-20-16-36(17-21-64)33-62-26-24-61(25-27-62)32-35-10-12-38(13-11-35)65-49(58-59-54(65)71)42-29-41(34(2)3)46(67)30-47(42)68/h6-15,28-31,34,36-37,67-68,73H,5,16-27,32-33H2,1-4H3,(H,59,71)(H,55,56,57). The van der Waals surface area contributed by atoms with Crippen LogP contribution in [0.5, 0.6) is 17.2 Å². The second kappa shape index (κ2) is 21.2. The van der Waals surface area contributed by atoms with Crippen molar-refractivity contribution in [1.29, 1.82) is 0 Å². The highest BCUT2D eigenvalue weighted by atomic mass is 32.1. The lowest BCUT2D eigenvalue weighted by Gasteiger charge is -2.40. The van der Waals surface area contributed by atoms with Gasteiger partial charge >= 0.3 is 5.69 Å². The lowest BCUT2D eigenvalue weighted by molar-refractivity contribution is -0.137. The molecule has 6 heterocycles. The van der Waals surface area contributed by atoms with E-state index in [4.69, 9.17) is 22.5 Å². The lowest BCUT2D eigenvalue weighted by Crippen LogP contribution is -2.49. The molecular weight excluding hydrogens is 945 g/mol. The molecule has 2 amide bonds. The lowest BCUT2D eigenvalue weighted by atomic mass is 9.91. The number of aromatic nitrogens is 5. The molecule has 4 N–H and O–H groups in total. The van der Waals surface area contributed by atoms with E-state index in [0.29, 0.717) is 75.4 Å². The van der Waals surface area contributed by atoms with Gasteiger partial charge in [-0.05, 0) is 98.0 Å². The largest absolute Gasteiger partial charge is 0.508 e. The number of aromatic amines is 1. The SMILES string of the molecule is CCOc1cc(N2CCC(C(=O)N3CCC(CN4CCN(Cc5ccc(-n6c(-c7cc(C(C)C)c(O)cc7O)n[nH]c6=O)cc5)CC4)CC3)CC2)ccc1Nc1ncc2c(n1)N(S)c1ccccc1C(=O)N2C. The molecule has 2 aromatic heterocycles. The van der Waals surface area contributed by atoms with Crippen molar-refractivity contribution >= 4 is 59.1 Å². The van der Waals surface area contributed by atoms with E-state index in [0.717, 1.165) is 102 Å². The number of fused-ring (bicyclic) bond motifs is 2. The zero-order chi connectivity index (χ0) is 50.9. The first-order valence-corrected chi connectivity index (χ1v) is 25.8. The molecule has 4 aliphatic heterocycles. The summed E-state index contributed by atoms with van der Waals surface area (Å²) in [6, 6.07) is 24.2. The van der Waals surface area contributed by atoms with Crippen LogP contribution in [-0.2, 0) is 11.3 Å². The molecule has 6 aromatic rings. The van der Waals surface area contributed by atoms with E-state index in [2.05, 4.69) is 46.2 Å². The van der Waals surface area contributed by atoms with Crippen molar-refractivity contribution in [1.82, 2.24) is 39.4 Å². The number of nitrogens with one attached hydrogen (secondary N) is 2. The van der Waals surface area contributed by atoms with Gasteiger partial charge in [-0.15, -0.1) is 0 Å². The van der Waals surface area contributed by atoms with Gasteiger partial charge < -0.3 is 39.9 Å². The van der Waals surface area contributed by atoms with Crippen LogP contribution in [0, 0.1) is 11.8 Å². The summed E-state index contributed by atoms with van der Waals surface area (Å²) in [4.78, 5) is 60.4. The maximum Gasteiger partial charge on any atom is 0.348 e. The second-order valence-electron chi connectivity index (χ2n) is 19.9. The van der Waals surface area contributed by atoms with E-state index in [-0.39, 0.29) is 35.1 Å². The van der Waals surface area contributed by atoms with Gasteiger partial charge in [0.25, 0.3) is 5.91 Å². The molecule has 0 saturated carbocycles. The predicted octanol–water partition coefficient (Wildman–Crippen LogP) is 7.54. The van der Waals surface area contributed by atoms with Crippen LogP contribution in [0.25, 0.3) is 17.1 Å². The number of H-pyrrole nitrogens is 1. The quantitative estimate of drug-likeness (QED) is 0.0713. The number of piperazine rings is 1. The Morgan fingerprint density at radius 1 is 0.836 bits per heavy atom. The van der Waals surface area contributed by atoms with Crippen LogP contribution >= 0.6 is 12.8 Å². The number of carbonyl (C=O) groups excluding carboxylic acids is 2. The Kier molecular flexibility index (Phi) is 14.4. The summed E-state index contributed by atoms with van der Waals surface area (Å²) >= 11 is 4.75. The van der Waals surface area contributed by atoms with Gasteiger partial charge in [-0.1, -0.05) is 50.9 Å². The first kappa shape index (κ1) is 49.5. The highest BCUT2D eigenvalue weighted by Crippen LogP contribution is 2.42. The van der Waals surface area contributed by atoms with Gasteiger partial charge in [0.2, 0.25) is 11.9 Å². The number of thiol groups is 1. The highest BCUT2D eigenvalue weighted by molar-refractivity contribution is 7.82. The fourth-order valence-electron chi connectivity index (χ4n) is 10.7. The molecule has 382 valence electrons. The normalized spacial score (nSPS) is 17.2. The van der Waals surface area contributed by atoms with Crippen molar-refractivity contribution in [2.75, 3.05) is 92.0 Å². The molecule has 3 fully saturated rings. The Bertz CT molecular complexity index is 3030. The number of anilines is 6. The van der Waals surface area contributed by atoms with Gasteiger partial charge in [0.05, 0.1) is 41.0 Å². The van der Waals surface area contributed by atoms with Crippen LogP contribution in [0.15, 0.2) is 89.9 Å². The first-order valence-electron chi connectivity index (χ1n) is 25.4. The number of aromatic hydroxyl groups is 2. The van der Waals surface area contributed by atoms with E-state index in [1.54, 1.807) is 29.7 Å². The maximum absolute atomic E-state index is 13.9.